The minimum Gasteiger partial charge on any atom is -0.497 e. The first-order chi connectivity index (χ1) is 14.1. The molecule has 0 saturated heterocycles. The molecule has 2 aliphatic carbocycles. The first kappa shape index (κ1) is 25.4. The van der Waals surface area contributed by atoms with Gasteiger partial charge in [0.2, 0.25) is 0 Å². The van der Waals surface area contributed by atoms with Crippen LogP contribution in [0.2, 0.25) is 0 Å². The average molecular weight is 548 g/mol. The molecule has 1 aromatic carbocycles. The highest BCUT2D eigenvalue weighted by Gasteiger charge is 2.36. The SMILES string of the molecule is CCS(=O)C1CCCC(NC(=NC)NCC2(c3cccc(OC)c3)CCCC2)C1.I. The van der Waals surface area contributed by atoms with E-state index in [0.717, 1.165) is 49.7 Å². The summed E-state index contributed by atoms with van der Waals surface area (Å²) in [6.45, 7) is 2.89. The summed E-state index contributed by atoms with van der Waals surface area (Å²) in [4.78, 5) is 4.49. The maximum absolute atomic E-state index is 12.2. The molecule has 0 spiro atoms. The molecule has 2 fully saturated rings. The lowest BCUT2D eigenvalue weighted by Gasteiger charge is -2.33. The third kappa shape index (κ3) is 6.34. The number of rotatable bonds is 7. The van der Waals surface area contributed by atoms with Gasteiger partial charge in [0, 0.05) is 46.9 Å². The maximum Gasteiger partial charge on any atom is 0.191 e. The highest BCUT2D eigenvalue weighted by Crippen LogP contribution is 2.41. The van der Waals surface area contributed by atoms with Gasteiger partial charge in [-0.15, -0.1) is 24.0 Å². The van der Waals surface area contributed by atoms with E-state index in [1.165, 1.54) is 31.2 Å². The van der Waals surface area contributed by atoms with Crippen molar-refractivity contribution in [3.8, 4) is 5.75 Å². The zero-order chi connectivity index (χ0) is 20.7. The molecular weight excluding hydrogens is 509 g/mol. The van der Waals surface area contributed by atoms with Crippen LogP contribution in [-0.4, -0.2) is 47.9 Å². The first-order valence-corrected chi connectivity index (χ1v) is 12.5. The van der Waals surface area contributed by atoms with Crippen molar-refractivity contribution in [3.63, 3.8) is 0 Å². The highest BCUT2D eigenvalue weighted by atomic mass is 127. The summed E-state index contributed by atoms with van der Waals surface area (Å²) in [5, 5.41) is 7.55. The van der Waals surface area contributed by atoms with Crippen molar-refractivity contribution < 1.29 is 8.95 Å². The lowest BCUT2D eigenvalue weighted by atomic mass is 9.78. The lowest BCUT2D eigenvalue weighted by molar-refractivity contribution is 0.397. The van der Waals surface area contributed by atoms with Crippen LogP contribution in [0.3, 0.4) is 0 Å². The van der Waals surface area contributed by atoms with Gasteiger partial charge in [-0.2, -0.15) is 0 Å². The molecular formula is C23H38IN3O2S. The van der Waals surface area contributed by atoms with Gasteiger partial charge in [0.25, 0.3) is 0 Å². The van der Waals surface area contributed by atoms with Gasteiger partial charge in [0.05, 0.1) is 7.11 Å². The number of halogens is 1. The Labute approximate surface area is 201 Å². The van der Waals surface area contributed by atoms with E-state index >= 15 is 0 Å². The number of nitrogens with zero attached hydrogens (tertiary/aromatic N) is 1. The number of methoxy groups -OCH3 is 1. The molecule has 30 heavy (non-hydrogen) atoms. The maximum atomic E-state index is 12.2. The topological polar surface area (TPSA) is 62.7 Å². The summed E-state index contributed by atoms with van der Waals surface area (Å²) in [7, 11) is 2.87. The van der Waals surface area contributed by atoms with Gasteiger partial charge in [-0.1, -0.05) is 38.3 Å². The van der Waals surface area contributed by atoms with Gasteiger partial charge in [-0.25, -0.2) is 0 Å². The van der Waals surface area contributed by atoms with Gasteiger partial charge in [0.15, 0.2) is 5.96 Å². The summed E-state index contributed by atoms with van der Waals surface area (Å²) in [6.07, 6.45) is 9.22. The van der Waals surface area contributed by atoms with Crippen LogP contribution in [-0.2, 0) is 16.2 Å². The second-order valence-corrected chi connectivity index (χ2v) is 10.4. The standard InChI is InChI=1S/C23H37N3O2S.HI/c1-4-29(27)21-12-8-10-19(16-21)26-22(24-2)25-17-23(13-5-6-14-23)18-9-7-11-20(15-18)28-3;/h7,9,11,15,19,21H,4-6,8,10,12-14,16-17H2,1-3H3,(H2,24,25,26);1H. The fourth-order valence-corrected chi connectivity index (χ4v) is 6.31. The largest absolute Gasteiger partial charge is 0.497 e. The van der Waals surface area contributed by atoms with Crippen LogP contribution in [0.4, 0.5) is 0 Å². The molecule has 0 amide bonds. The number of hydrogen-bond acceptors (Lipinski definition) is 3. The number of aliphatic imine (C=N–C) groups is 1. The van der Waals surface area contributed by atoms with Crippen LogP contribution in [0, 0.1) is 0 Å². The quantitative estimate of drug-likeness (QED) is 0.303. The Morgan fingerprint density at radius 1 is 1.27 bits per heavy atom. The van der Waals surface area contributed by atoms with E-state index in [4.69, 9.17) is 4.74 Å². The van der Waals surface area contributed by atoms with Crippen molar-refractivity contribution in [3.05, 3.63) is 29.8 Å². The Bertz CT molecular complexity index is 722. The van der Waals surface area contributed by atoms with Gasteiger partial charge < -0.3 is 15.4 Å². The van der Waals surface area contributed by atoms with E-state index in [0.29, 0.717) is 11.3 Å². The van der Waals surface area contributed by atoms with Gasteiger partial charge >= 0.3 is 0 Å². The molecule has 0 aromatic heterocycles. The predicted octanol–water partition coefficient (Wildman–Crippen LogP) is 4.37. The molecule has 2 aliphatic rings. The second-order valence-electron chi connectivity index (χ2n) is 8.44. The summed E-state index contributed by atoms with van der Waals surface area (Å²) < 4.78 is 17.7. The zero-order valence-electron chi connectivity index (χ0n) is 18.6. The Morgan fingerprint density at radius 3 is 2.70 bits per heavy atom. The van der Waals surface area contributed by atoms with Crippen molar-refractivity contribution >= 4 is 40.7 Å². The molecule has 0 bridgehead atoms. The van der Waals surface area contributed by atoms with Crippen LogP contribution < -0.4 is 15.4 Å². The number of hydrogen-bond donors (Lipinski definition) is 2. The first-order valence-electron chi connectivity index (χ1n) is 11.1. The molecule has 1 aromatic rings. The van der Waals surface area contributed by atoms with Crippen molar-refractivity contribution in [1.82, 2.24) is 10.6 Å². The Kier molecular flexibility index (Phi) is 10.4. The fourth-order valence-electron chi connectivity index (χ4n) is 4.96. The number of ether oxygens (including phenoxy) is 1. The monoisotopic (exact) mass is 547 g/mol. The lowest BCUT2D eigenvalue weighted by Crippen LogP contribution is -2.49. The average Bonchev–Trinajstić information content (AvgIpc) is 3.26. The normalized spacial score (nSPS) is 24.6. The Balaban J connectivity index is 0.00000320. The Hall–Kier alpha value is -0.830. The fraction of sp³-hybridized carbons (Fsp3) is 0.696. The van der Waals surface area contributed by atoms with Crippen LogP contribution in [0.5, 0.6) is 5.75 Å². The second kappa shape index (κ2) is 12.3. The van der Waals surface area contributed by atoms with E-state index in [9.17, 15) is 4.21 Å². The molecule has 2 N–H and O–H groups in total. The van der Waals surface area contributed by atoms with Crippen molar-refractivity contribution in [2.24, 2.45) is 4.99 Å². The molecule has 3 atom stereocenters. The number of benzene rings is 1. The predicted molar refractivity (Wildman–Crippen MR) is 138 cm³/mol. The summed E-state index contributed by atoms with van der Waals surface area (Å²) in [5.41, 5.74) is 1.48. The van der Waals surface area contributed by atoms with E-state index in [1.54, 1.807) is 7.11 Å². The van der Waals surface area contributed by atoms with Crippen LogP contribution in [0.15, 0.2) is 29.3 Å². The Morgan fingerprint density at radius 2 is 2.03 bits per heavy atom. The molecule has 3 unspecified atom stereocenters. The van der Waals surface area contributed by atoms with Crippen molar-refractivity contribution in [2.75, 3.05) is 26.5 Å². The van der Waals surface area contributed by atoms with Crippen LogP contribution in [0.1, 0.15) is 63.9 Å². The molecule has 7 heteroatoms. The molecule has 0 radical (unpaired) electrons. The smallest absolute Gasteiger partial charge is 0.191 e. The third-order valence-corrected chi connectivity index (χ3v) is 8.42. The summed E-state index contributed by atoms with van der Waals surface area (Å²) in [5.74, 6) is 2.55. The summed E-state index contributed by atoms with van der Waals surface area (Å²) in [6, 6.07) is 8.88. The van der Waals surface area contributed by atoms with E-state index in [2.05, 4.69) is 33.8 Å². The third-order valence-electron chi connectivity index (χ3n) is 6.68. The molecule has 170 valence electrons. The van der Waals surface area contributed by atoms with E-state index in [-0.39, 0.29) is 29.4 Å². The number of nitrogens with one attached hydrogen (secondary N) is 2. The van der Waals surface area contributed by atoms with Crippen molar-refractivity contribution in [1.29, 1.82) is 0 Å². The number of guanidine groups is 1. The van der Waals surface area contributed by atoms with Crippen LogP contribution >= 0.6 is 24.0 Å². The minimum absolute atomic E-state index is 0. The zero-order valence-corrected chi connectivity index (χ0v) is 21.8. The van der Waals surface area contributed by atoms with Crippen molar-refractivity contribution in [2.45, 2.75) is 75.0 Å². The van der Waals surface area contributed by atoms with Crippen LogP contribution in [0.25, 0.3) is 0 Å². The molecule has 3 rings (SSSR count). The van der Waals surface area contributed by atoms with Gasteiger partial charge in [-0.3, -0.25) is 9.20 Å². The molecule has 2 saturated carbocycles. The van der Waals surface area contributed by atoms with Gasteiger partial charge in [0.1, 0.15) is 5.75 Å². The molecule has 0 heterocycles. The molecule has 0 aliphatic heterocycles. The minimum atomic E-state index is -0.704. The summed E-state index contributed by atoms with van der Waals surface area (Å²) >= 11 is 0. The highest BCUT2D eigenvalue weighted by molar-refractivity contribution is 14.0. The molecule has 5 nitrogen and oxygen atoms in total. The van der Waals surface area contributed by atoms with E-state index in [1.807, 2.05) is 20.0 Å². The van der Waals surface area contributed by atoms with Gasteiger partial charge in [-0.05, 0) is 49.8 Å². The van der Waals surface area contributed by atoms with E-state index < -0.39 is 10.8 Å².